The Kier molecular flexibility index (Phi) is 25.1. The molecule has 1 aromatic rings. The summed E-state index contributed by atoms with van der Waals surface area (Å²) in [5.74, 6) is -6.89. The molecule has 0 spiro atoms. The number of carbonyl (C=O) groups excluding carboxylic acids is 5. The maximum atomic E-state index is 14.8. The molecule has 79 heavy (non-hydrogen) atoms. The normalized spacial score (nSPS) is 36.0. The summed E-state index contributed by atoms with van der Waals surface area (Å²) in [7, 11) is 7.75. The molecule has 19 heteroatoms. The number of ketones is 2. The Labute approximate surface area is 466 Å². The van der Waals surface area contributed by atoms with Crippen molar-refractivity contribution in [1.82, 2.24) is 4.90 Å². The lowest BCUT2D eigenvalue weighted by Crippen LogP contribution is -2.61. The monoisotopic (exact) mass is 1110 g/mol. The Morgan fingerprint density at radius 1 is 0.797 bits per heavy atom. The largest absolute Gasteiger partial charge is 0.514 e. The number of hydrogen-bond acceptors (Lipinski definition) is 17. The fraction of sp³-hybridized carbons (Fsp3) is 0.683. The second-order valence-corrected chi connectivity index (χ2v) is 22.4. The van der Waals surface area contributed by atoms with E-state index in [4.69, 9.17) is 42.6 Å². The number of carbonyl (C=O) groups is 5. The van der Waals surface area contributed by atoms with Crippen molar-refractivity contribution in [3.05, 3.63) is 82.0 Å². The van der Waals surface area contributed by atoms with Gasteiger partial charge in [0.2, 0.25) is 5.79 Å². The molecule has 1 N–H and O–H groups in total. The zero-order valence-electron chi connectivity index (χ0n) is 48.5. The third-order valence-corrected chi connectivity index (χ3v) is 16.6. The number of rotatable bonds is 11. The van der Waals surface area contributed by atoms with Gasteiger partial charge in [-0.2, -0.15) is 0 Å². The summed E-state index contributed by atoms with van der Waals surface area (Å²) in [5, 5.41) is 23.2. The van der Waals surface area contributed by atoms with Crippen molar-refractivity contribution in [3.8, 4) is 5.75 Å². The quantitative estimate of drug-likeness (QED) is 0.0542. The van der Waals surface area contributed by atoms with Gasteiger partial charge in [-0.25, -0.2) is 9.59 Å². The molecule has 1 saturated carbocycles. The van der Waals surface area contributed by atoms with Crippen LogP contribution in [-0.4, -0.2) is 147 Å². The zero-order chi connectivity index (χ0) is 58.1. The number of hydrogen-bond donors (Lipinski definition) is 1. The van der Waals surface area contributed by atoms with Gasteiger partial charge in [0.25, 0.3) is 17.4 Å². The number of piperidine rings is 1. The number of Topliss-reactive ketones (excluding diaryl/α,β-unsaturated/α-hetero) is 2. The highest BCUT2D eigenvalue weighted by atomic mass is 16.7. The fourth-order valence-electron chi connectivity index (χ4n) is 11.9. The lowest BCUT2D eigenvalue weighted by molar-refractivity contribution is -0.384. The van der Waals surface area contributed by atoms with E-state index in [-0.39, 0.29) is 66.2 Å². The summed E-state index contributed by atoms with van der Waals surface area (Å²) in [6, 6.07) is 3.95. The first kappa shape index (κ1) is 64.7. The number of fused-ring (bicyclic) bond motifs is 3. The SMILES string of the molecule is CO[C@H]1C[C@@H]2CC[C@@H](C)[C@@](O)(O2)C(=O)C(=O)N2CCCC[C@H]2C(=O)O[C@H]([C@H](C)C[C@@H]2CC[C@@H](OC(=O)Oc3ccc([N+](=O)[O-])cc3)[C@H](OC)C2)C[C@@H](OC)[C@H](C)/C=C(\C)[C@@H](OC)[C@@H](OC)C(=O)[C@H](C)C[C@H](C)/C=C/C=C/C=C/1C. The summed E-state index contributed by atoms with van der Waals surface area (Å²) < 4.78 is 53.6. The van der Waals surface area contributed by atoms with Crippen molar-refractivity contribution in [2.75, 3.05) is 42.1 Å². The molecule has 3 fully saturated rings. The van der Waals surface area contributed by atoms with Gasteiger partial charge in [-0.05, 0) is 119 Å². The maximum Gasteiger partial charge on any atom is 0.514 e. The molecule has 5 rings (SSSR count). The van der Waals surface area contributed by atoms with Crippen molar-refractivity contribution in [2.24, 2.45) is 35.5 Å². The van der Waals surface area contributed by atoms with Gasteiger partial charge >= 0.3 is 12.1 Å². The molecule has 0 radical (unpaired) electrons. The van der Waals surface area contributed by atoms with Gasteiger partial charge < -0.3 is 52.6 Å². The average molecular weight is 1110 g/mol. The standard InChI is InChI=1S/C60H88N2O17/c1-36-18-14-13-15-19-37(2)49(71-8)34-46-25-21-42(7)60(68,79-46)56(64)57(65)61-29-17-16-20-47(61)58(66)77-51(35-50(72-9)38(3)31-41(6)54(74-11)55(75-12)53(63)40(5)30-36)39(4)32-43-22-28-48(52(33-43)73-10)78-59(67)76-45-26-23-44(24-27-45)62(69)70/h13-15,18-19,23-24,26-27,31,36,38-40,42-43,46-52,54-55,68H,16-17,20-22,25,28-30,32-35H2,1-12H3/b15-13+,18-14+,37-19+,41-31+/t36-,38-,39-,40-,42-,43+,46+,47+,48-,49+,50-,51+,52-,54-,55+,60-/m1/s1. The van der Waals surface area contributed by atoms with Gasteiger partial charge in [-0.1, -0.05) is 71.1 Å². The molecule has 1 amide bonds. The van der Waals surface area contributed by atoms with Gasteiger partial charge in [-0.15, -0.1) is 0 Å². The molecular weight excluding hydrogens is 1020 g/mol. The predicted octanol–water partition coefficient (Wildman–Crippen LogP) is 9.41. The molecule has 440 valence electrons. The molecule has 3 aliphatic heterocycles. The average Bonchev–Trinajstić information content (AvgIpc) is 3.47. The van der Waals surface area contributed by atoms with Crippen molar-refractivity contribution in [1.29, 1.82) is 0 Å². The number of nitro groups is 1. The summed E-state index contributed by atoms with van der Waals surface area (Å²) in [6.07, 6.45) is 11.1. The lowest BCUT2D eigenvalue weighted by atomic mass is 9.78. The lowest BCUT2D eigenvalue weighted by Gasteiger charge is -2.43. The molecular formula is C60H88N2O17. The van der Waals surface area contributed by atoms with E-state index >= 15 is 0 Å². The molecule has 0 aromatic heterocycles. The van der Waals surface area contributed by atoms with Crippen molar-refractivity contribution < 1.29 is 76.6 Å². The van der Waals surface area contributed by atoms with E-state index in [1.165, 1.54) is 43.4 Å². The molecule has 4 aliphatic rings. The number of benzene rings is 1. The number of non-ortho nitro benzene ring substituents is 1. The van der Waals surface area contributed by atoms with Crippen LogP contribution >= 0.6 is 0 Å². The Morgan fingerprint density at radius 3 is 2.14 bits per heavy atom. The van der Waals surface area contributed by atoms with Gasteiger partial charge in [0.1, 0.15) is 36.2 Å². The van der Waals surface area contributed by atoms with Gasteiger partial charge in [0, 0.05) is 84.8 Å². The Balaban J connectivity index is 1.45. The van der Waals surface area contributed by atoms with Crippen LogP contribution in [0.2, 0.25) is 0 Å². The van der Waals surface area contributed by atoms with Gasteiger partial charge in [-0.3, -0.25) is 24.5 Å². The van der Waals surface area contributed by atoms with Crippen LogP contribution in [-0.2, 0) is 57.1 Å². The second-order valence-electron chi connectivity index (χ2n) is 22.4. The van der Waals surface area contributed by atoms with Crippen LogP contribution in [0.5, 0.6) is 5.75 Å². The molecule has 2 saturated heterocycles. The number of nitro benzene ring substituents is 1. The van der Waals surface area contributed by atoms with Crippen LogP contribution in [0.1, 0.15) is 126 Å². The van der Waals surface area contributed by atoms with Gasteiger partial charge in [0.15, 0.2) is 5.78 Å². The predicted molar refractivity (Wildman–Crippen MR) is 294 cm³/mol. The van der Waals surface area contributed by atoms with Crippen molar-refractivity contribution in [2.45, 2.75) is 186 Å². The highest BCUT2D eigenvalue weighted by Gasteiger charge is 2.53. The van der Waals surface area contributed by atoms with Crippen LogP contribution in [0.4, 0.5) is 10.5 Å². The van der Waals surface area contributed by atoms with Crippen molar-refractivity contribution >= 4 is 35.3 Å². The summed E-state index contributed by atoms with van der Waals surface area (Å²) in [4.78, 5) is 82.6. The minimum atomic E-state index is -2.44. The minimum Gasteiger partial charge on any atom is -0.460 e. The fourth-order valence-corrected chi connectivity index (χ4v) is 11.9. The first-order valence-corrected chi connectivity index (χ1v) is 28.1. The summed E-state index contributed by atoms with van der Waals surface area (Å²) in [5.41, 5.74) is 1.48. The van der Waals surface area contributed by atoms with Crippen LogP contribution in [0.15, 0.2) is 71.9 Å². The number of aliphatic hydroxyl groups is 1. The molecule has 3 heterocycles. The Hall–Kier alpha value is -5.15. The van der Waals surface area contributed by atoms with E-state index in [9.17, 15) is 39.2 Å². The van der Waals surface area contributed by atoms with E-state index in [0.717, 1.165) is 11.1 Å². The molecule has 19 nitrogen and oxygen atoms in total. The maximum absolute atomic E-state index is 14.8. The minimum absolute atomic E-state index is 0.0233. The number of nitrogens with zero attached hydrogens (tertiary/aromatic N) is 2. The number of amides is 1. The van der Waals surface area contributed by atoms with E-state index in [2.05, 4.69) is 6.92 Å². The second kappa shape index (κ2) is 30.6. The summed E-state index contributed by atoms with van der Waals surface area (Å²) >= 11 is 0. The third-order valence-electron chi connectivity index (χ3n) is 16.6. The van der Waals surface area contributed by atoms with E-state index in [1.54, 1.807) is 28.3 Å². The van der Waals surface area contributed by atoms with E-state index in [0.29, 0.717) is 64.2 Å². The van der Waals surface area contributed by atoms with Crippen LogP contribution < -0.4 is 4.74 Å². The molecule has 1 aliphatic carbocycles. The van der Waals surface area contributed by atoms with Crippen LogP contribution in [0.25, 0.3) is 0 Å². The first-order valence-electron chi connectivity index (χ1n) is 28.1. The Bertz CT molecular complexity index is 2330. The van der Waals surface area contributed by atoms with Gasteiger partial charge in [0.05, 0.1) is 29.3 Å². The number of ether oxygens (including phenoxy) is 9. The van der Waals surface area contributed by atoms with E-state index < -0.39 is 95.3 Å². The van der Waals surface area contributed by atoms with E-state index in [1.807, 2.05) is 71.1 Å². The Morgan fingerprint density at radius 2 is 1.49 bits per heavy atom. The zero-order valence-corrected chi connectivity index (χ0v) is 48.5. The third kappa shape index (κ3) is 17.4. The van der Waals surface area contributed by atoms with Crippen LogP contribution in [0.3, 0.4) is 0 Å². The highest BCUT2D eigenvalue weighted by Crippen LogP contribution is 2.39. The number of esters is 1. The molecule has 16 atom stereocenters. The summed E-state index contributed by atoms with van der Waals surface area (Å²) in [6.45, 7) is 13.5. The molecule has 2 bridgehead atoms. The smallest absolute Gasteiger partial charge is 0.460 e. The molecule has 1 aromatic carbocycles. The number of methoxy groups -OCH3 is 5. The van der Waals surface area contributed by atoms with Crippen molar-refractivity contribution in [3.63, 3.8) is 0 Å². The van der Waals surface area contributed by atoms with Crippen LogP contribution in [0, 0.1) is 45.6 Å². The number of cyclic esters (lactones) is 1. The number of allylic oxidation sites excluding steroid dienone is 5. The molecule has 0 unspecified atom stereocenters. The topological polar surface area (TPSA) is 235 Å². The first-order chi connectivity index (χ1) is 37.6. The highest BCUT2D eigenvalue weighted by molar-refractivity contribution is 6.39.